The molecule has 2 unspecified atom stereocenters. The molecule has 0 aromatic heterocycles. The van der Waals surface area contributed by atoms with Crippen molar-refractivity contribution >= 4 is 12.0 Å². The predicted molar refractivity (Wildman–Crippen MR) is 150 cm³/mol. The Balaban J connectivity index is 1.52. The van der Waals surface area contributed by atoms with Gasteiger partial charge in [0.1, 0.15) is 30.5 Å². The van der Waals surface area contributed by atoms with Gasteiger partial charge in [-0.3, -0.25) is 0 Å². The second-order valence-electron chi connectivity index (χ2n) is 11.0. The first-order chi connectivity index (χ1) is 20.9. The van der Waals surface area contributed by atoms with Gasteiger partial charge in [-0.05, 0) is 60.2 Å². The van der Waals surface area contributed by atoms with E-state index in [9.17, 15) is 50.8 Å². The maximum absolute atomic E-state index is 12.8. The number of benzene rings is 2. The number of ether oxygens (including phenoxy) is 4. The third-order valence-electron chi connectivity index (χ3n) is 7.77. The van der Waals surface area contributed by atoms with Crippen LogP contribution in [0.5, 0.6) is 23.0 Å². The molecule has 242 valence electrons. The highest BCUT2D eigenvalue weighted by Gasteiger charge is 2.51. The number of carbonyl (C=O) groups is 1. The third kappa shape index (κ3) is 7.78. The van der Waals surface area contributed by atoms with Crippen molar-refractivity contribution < 1.29 is 69.7 Å². The molecule has 10 atom stereocenters. The van der Waals surface area contributed by atoms with Gasteiger partial charge < -0.3 is 64.9 Å². The van der Waals surface area contributed by atoms with Crippen molar-refractivity contribution in [3.63, 3.8) is 0 Å². The molecule has 2 fully saturated rings. The van der Waals surface area contributed by atoms with Crippen molar-refractivity contribution in [2.75, 3.05) is 13.2 Å². The summed E-state index contributed by atoms with van der Waals surface area (Å²) in [6.07, 6.45) is -9.99. The number of hydrogen-bond donors (Lipinski definition) is 9. The third-order valence-corrected chi connectivity index (χ3v) is 7.77. The van der Waals surface area contributed by atoms with E-state index in [4.69, 9.17) is 18.9 Å². The van der Waals surface area contributed by atoms with Crippen LogP contribution in [-0.2, 0) is 30.2 Å². The first-order valence-electron chi connectivity index (χ1n) is 14.1. The number of aliphatic hydroxyl groups is 5. The highest BCUT2D eigenvalue weighted by atomic mass is 16.7. The van der Waals surface area contributed by atoms with Crippen molar-refractivity contribution in [3.05, 3.63) is 53.6 Å². The average molecular weight is 623 g/mol. The van der Waals surface area contributed by atoms with E-state index in [-0.39, 0.29) is 36.7 Å². The first kappa shape index (κ1) is 33.4. The quantitative estimate of drug-likeness (QED) is 0.0936. The molecule has 44 heavy (non-hydrogen) atoms. The molecule has 0 amide bonds. The number of phenols is 4. The summed E-state index contributed by atoms with van der Waals surface area (Å²) in [7, 11) is 0. The van der Waals surface area contributed by atoms with Gasteiger partial charge in [0.05, 0.1) is 25.4 Å². The number of esters is 1. The second-order valence-corrected chi connectivity index (χ2v) is 11.0. The molecule has 2 aromatic rings. The van der Waals surface area contributed by atoms with Crippen LogP contribution < -0.4 is 0 Å². The Labute approximate surface area is 252 Å². The van der Waals surface area contributed by atoms with Crippen molar-refractivity contribution in [1.82, 2.24) is 0 Å². The minimum atomic E-state index is -1.63. The molecule has 0 bridgehead atoms. The van der Waals surface area contributed by atoms with Gasteiger partial charge in [0.15, 0.2) is 35.4 Å². The fraction of sp³-hybridized carbons (Fsp3) is 0.500. The van der Waals surface area contributed by atoms with Gasteiger partial charge in [-0.15, -0.1) is 0 Å². The van der Waals surface area contributed by atoms with Gasteiger partial charge in [0, 0.05) is 6.08 Å². The van der Waals surface area contributed by atoms with Crippen LogP contribution >= 0.6 is 0 Å². The summed E-state index contributed by atoms with van der Waals surface area (Å²) in [5, 5.41) is 91.0. The van der Waals surface area contributed by atoms with E-state index in [0.29, 0.717) is 11.1 Å². The summed E-state index contributed by atoms with van der Waals surface area (Å²) in [5.41, 5.74) is 0.954. The summed E-state index contributed by atoms with van der Waals surface area (Å²) in [4.78, 5) is 12.8. The number of phenolic OH excluding ortho intramolecular Hbond substituents is 4. The lowest BCUT2D eigenvalue weighted by molar-refractivity contribution is -0.321. The Bertz CT molecular complexity index is 1300. The highest BCUT2D eigenvalue weighted by Crippen LogP contribution is 2.34. The number of hydrogen-bond acceptors (Lipinski definition) is 14. The predicted octanol–water partition coefficient (Wildman–Crippen LogP) is -0.352. The molecular weight excluding hydrogens is 584 g/mol. The zero-order valence-corrected chi connectivity index (χ0v) is 23.8. The normalized spacial score (nSPS) is 32.5. The van der Waals surface area contributed by atoms with Crippen LogP contribution in [0, 0.1) is 5.92 Å². The fourth-order valence-electron chi connectivity index (χ4n) is 5.22. The zero-order valence-electron chi connectivity index (χ0n) is 23.8. The smallest absolute Gasteiger partial charge is 0.331 e. The van der Waals surface area contributed by atoms with Gasteiger partial charge in [-0.2, -0.15) is 0 Å². The van der Waals surface area contributed by atoms with Crippen LogP contribution in [0.4, 0.5) is 0 Å². The number of rotatable bonds is 10. The van der Waals surface area contributed by atoms with Crippen LogP contribution in [0.3, 0.4) is 0 Å². The number of aromatic hydroxyl groups is 4. The molecule has 1 aliphatic carbocycles. The van der Waals surface area contributed by atoms with Crippen LogP contribution in [0.15, 0.2) is 42.5 Å². The van der Waals surface area contributed by atoms with E-state index < -0.39 is 79.4 Å². The Kier molecular flexibility index (Phi) is 11.0. The van der Waals surface area contributed by atoms with E-state index in [1.165, 1.54) is 36.4 Å². The van der Waals surface area contributed by atoms with Crippen LogP contribution in [0.1, 0.15) is 24.5 Å². The van der Waals surface area contributed by atoms with Gasteiger partial charge in [-0.1, -0.05) is 19.1 Å². The summed E-state index contributed by atoms with van der Waals surface area (Å²) in [6, 6.07) is 8.08. The number of aliphatic hydroxyl groups excluding tert-OH is 5. The molecule has 14 nitrogen and oxygen atoms in total. The van der Waals surface area contributed by atoms with Gasteiger partial charge >= 0.3 is 5.97 Å². The average Bonchev–Trinajstić information content (AvgIpc) is 2.99. The summed E-state index contributed by atoms with van der Waals surface area (Å²) < 4.78 is 23.0. The lowest BCUT2D eigenvalue weighted by atomic mass is 9.81. The highest BCUT2D eigenvalue weighted by molar-refractivity contribution is 5.87. The monoisotopic (exact) mass is 622 g/mol. The number of carbonyl (C=O) groups excluding carboxylic acids is 1. The van der Waals surface area contributed by atoms with Crippen LogP contribution in [-0.4, -0.2) is 120 Å². The second kappa shape index (κ2) is 14.5. The molecule has 1 heterocycles. The maximum Gasteiger partial charge on any atom is 0.331 e. The largest absolute Gasteiger partial charge is 0.504 e. The van der Waals surface area contributed by atoms with E-state index in [1.807, 2.05) is 0 Å². The van der Waals surface area contributed by atoms with E-state index in [2.05, 4.69) is 0 Å². The lowest BCUT2D eigenvalue weighted by Gasteiger charge is -2.46. The Hall–Kier alpha value is -3.47. The van der Waals surface area contributed by atoms with E-state index >= 15 is 0 Å². The Morgan fingerprint density at radius 3 is 2.23 bits per heavy atom. The zero-order chi connectivity index (χ0) is 32.1. The van der Waals surface area contributed by atoms with Gasteiger partial charge in [-0.25, -0.2) is 4.79 Å². The van der Waals surface area contributed by atoms with Crippen LogP contribution in [0.25, 0.3) is 6.08 Å². The molecule has 1 saturated heterocycles. The summed E-state index contributed by atoms with van der Waals surface area (Å²) >= 11 is 0. The van der Waals surface area contributed by atoms with E-state index in [0.717, 1.165) is 6.08 Å². The molecule has 4 rings (SSSR count). The minimum Gasteiger partial charge on any atom is -0.504 e. The fourth-order valence-corrected chi connectivity index (χ4v) is 5.22. The standard InChI is InChI=1S/C30H38O14/c1-14-10-21(25(38)26(39)24(14)37)42-29-27(40)30(41-9-8-16-3-6-18(33)20(35)12-16)43-22(13-31)28(29)44-23(36)7-4-15-2-5-17(32)19(34)11-15/h2-7,11-12,14,21-22,24-35,37-40H,8-10,13H2,1H3/b7-4+/t14-,21?,22-,24+,25+,26-,27-,28?,29-,30-/m1/s1. The molecule has 0 radical (unpaired) electrons. The van der Waals surface area contributed by atoms with Gasteiger partial charge in [0.25, 0.3) is 0 Å². The first-order valence-corrected chi connectivity index (χ1v) is 14.1. The molecule has 2 aromatic carbocycles. The molecule has 9 N–H and O–H groups in total. The SMILES string of the molecule is C[C@@H]1CC(O[C@H]2C(OC(=O)/C=C/c3ccc(O)c(O)c3)[C@@H](CO)O[C@@H](OCCc3ccc(O)c(O)c3)[C@@H]2O)[C@H](O)[C@H](O)[C@H]1O. The summed E-state index contributed by atoms with van der Waals surface area (Å²) in [5.74, 6) is -2.80. The molecule has 1 saturated carbocycles. The molecule has 1 aliphatic heterocycles. The van der Waals surface area contributed by atoms with Crippen molar-refractivity contribution in [2.45, 2.75) is 74.9 Å². The maximum atomic E-state index is 12.8. The van der Waals surface area contributed by atoms with Crippen LogP contribution in [0.2, 0.25) is 0 Å². The molecule has 14 heteroatoms. The Morgan fingerprint density at radius 1 is 0.886 bits per heavy atom. The lowest BCUT2D eigenvalue weighted by Crippen LogP contribution is -2.64. The molecular formula is C30H38O14. The van der Waals surface area contributed by atoms with Gasteiger partial charge in [0.2, 0.25) is 0 Å². The van der Waals surface area contributed by atoms with E-state index in [1.54, 1.807) is 13.0 Å². The molecule has 2 aliphatic rings. The van der Waals surface area contributed by atoms with Crippen molar-refractivity contribution in [1.29, 1.82) is 0 Å². The van der Waals surface area contributed by atoms with Crippen molar-refractivity contribution in [2.24, 2.45) is 5.92 Å². The Morgan fingerprint density at radius 2 is 1.57 bits per heavy atom. The van der Waals surface area contributed by atoms with Crippen molar-refractivity contribution in [3.8, 4) is 23.0 Å². The topological polar surface area (TPSA) is 236 Å². The molecule has 0 spiro atoms. The minimum absolute atomic E-state index is 0.0442. The summed E-state index contributed by atoms with van der Waals surface area (Å²) in [6.45, 7) is 0.901.